The molecule has 4 rings (SSSR count). The number of methoxy groups -OCH3 is 1. The van der Waals surface area contributed by atoms with E-state index >= 15 is 0 Å². The van der Waals surface area contributed by atoms with E-state index in [1.54, 1.807) is 0 Å². The summed E-state index contributed by atoms with van der Waals surface area (Å²) < 4.78 is 95.5. The van der Waals surface area contributed by atoms with Crippen LogP contribution in [0, 0.1) is 0 Å². The molecule has 0 saturated heterocycles. The van der Waals surface area contributed by atoms with Crippen molar-refractivity contribution in [1.29, 1.82) is 0 Å². The molecule has 1 saturated carbocycles. The van der Waals surface area contributed by atoms with Gasteiger partial charge in [0.1, 0.15) is 0 Å². The number of amides is 1. The molecule has 0 unspecified atom stereocenters. The lowest BCUT2D eigenvalue weighted by atomic mass is 9.97. The van der Waals surface area contributed by atoms with Gasteiger partial charge in [0.15, 0.2) is 19.7 Å². The zero-order valence-electron chi connectivity index (χ0n) is 21.0. The maximum atomic E-state index is 14.0. The van der Waals surface area contributed by atoms with E-state index in [4.69, 9.17) is 4.74 Å². The Bertz CT molecular complexity index is 1580. The van der Waals surface area contributed by atoms with Gasteiger partial charge in [-0.1, -0.05) is 30.3 Å². The minimum absolute atomic E-state index is 0.0615. The SMILES string of the molecule is COC[C@H](C(=O)Nc1ccc(-c2ccc(S(=O)(=O)C3CC3)cc2)c(C(F)(F)F)c1)c1ccc(S(C)(=O)=O)cc1. The first kappa shape index (κ1) is 28.8. The number of rotatable bonds is 9. The van der Waals surface area contributed by atoms with Gasteiger partial charge in [-0.3, -0.25) is 4.79 Å². The fourth-order valence-electron chi connectivity index (χ4n) is 4.17. The molecule has 1 aliphatic carbocycles. The number of halogens is 3. The number of alkyl halides is 3. The molecule has 39 heavy (non-hydrogen) atoms. The average Bonchev–Trinajstić information content (AvgIpc) is 3.73. The lowest BCUT2D eigenvalue weighted by Crippen LogP contribution is -2.25. The summed E-state index contributed by atoms with van der Waals surface area (Å²) in [5.41, 5.74) is -0.661. The van der Waals surface area contributed by atoms with E-state index in [2.05, 4.69) is 5.32 Å². The molecule has 0 radical (unpaired) electrons. The predicted octanol–water partition coefficient (Wildman–Crippen LogP) is 5.08. The van der Waals surface area contributed by atoms with Gasteiger partial charge in [-0.2, -0.15) is 13.2 Å². The Kier molecular flexibility index (Phi) is 7.93. The zero-order chi connectivity index (χ0) is 28.6. The lowest BCUT2D eigenvalue weighted by molar-refractivity contribution is -0.137. The van der Waals surface area contributed by atoms with Crippen LogP contribution in [0.25, 0.3) is 11.1 Å². The van der Waals surface area contributed by atoms with Crippen LogP contribution in [0.15, 0.2) is 76.5 Å². The third-order valence-corrected chi connectivity index (χ3v) is 9.82. The first-order valence-electron chi connectivity index (χ1n) is 11.9. The van der Waals surface area contributed by atoms with Crippen LogP contribution in [0.1, 0.15) is 29.9 Å². The van der Waals surface area contributed by atoms with E-state index in [-0.39, 0.29) is 33.2 Å². The predicted molar refractivity (Wildman–Crippen MR) is 140 cm³/mol. The summed E-state index contributed by atoms with van der Waals surface area (Å²) in [6, 6.07) is 14.3. The summed E-state index contributed by atoms with van der Waals surface area (Å²) in [5, 5.41) is 2.06. The van der Waals surface area contributed by atoms with E-state index in [0.717, 1.165) is 12.3 Å². The fraction of sp³-hybridized carbons (Fsp3) is 0.296. The van der Waals surface area contributed by atoms with Gasteiger partial charge in [0.05, 0.1) is 33.1 Å². The first-order valence-corrected chi connectivity index (χ1v) is 15.3. The molecule has 3 aromatic rings. The smallest absolute Gasteiger partial charge is 0.384 e. The number of benzene rings is 3. The number of carbonyl (C=O) groups excluding carboxylic acids is 1. The van der Waals surface area contributed by atoms with Gasteiger partial charge in [0.25, 0.3) is 0 Å². The number of anilines is 1. The molecule has 3 aromatic carbocycles. The Morgan fingerprint density at radius 2 is 1.54 bits per heavy atom. The zero-order valence-corrected chi connectivity index (χ0v) is 22.7. The molecule has 1 fully saturated rings. The van der Waals surface area contributed by atoms with Gasteiger partial charge >= 0.3 is 6.18 Å². The van der Waals surface area contributed by atoms with Gasteiger partial charge < -0.3 is 10.1 Å². The first-order chi connectivity index (χ1) is 18.2. The van der Waals surface area contributed by atoms with E-state index < -0.39 is 48.5 Å². The van der Waals surface area contributed by atoms with Crippen molar-refractivity contribution < 1.29 is 39.5 Å². The molecule has 0 heterocycles. The molecule has 0 aromatic heterocycles. The highest BCUT2D eigenvalue weighted by molar-refractivity contribution is 7.92. The van der Waals surface area contributed by atoms with Crippen LogP contribution in [-0.4, -0.2) is 48.0 Å². The van der Waals surface area contributed by atoms with Crippen molar-refractivity contribution in [2.45, 2.75) is 40.0 Å². The van der Waals surface area contributed by atoms with Crippen molar-refractivity contribution in [3.8, 4) is 11.1 Å². The summed E-state index contributed by atoms with van der Waals surface area (Å²) in [5.74, 6) is -1.56. The third kappa shape index (κ3) is 6.51. The average molecular weight is 582 g/mol. The summed E-state index contributed by atoms with van der Waals surface area (Å²) in [6.45, 7) is -0.0929. The van der Waals surface area contributed by atoms with Crippen LogP contribution < -0.4 is 5.32 Å². The normalized spacial score (nSPS) is 15.1. The molecule has 7 nitrogen and oxygen atoms in total. The molecular weight excluding hydrogens is 555 g/mol. The molecule has 0 spiro atoms. The second kappa shape index (κ2) is 10.7. The molecule has 1 N–H and O–H groups in total. The standard InChI is InChI=1S/C27H26F3NO6S2/c1-37-16-24(18-3-8-20(9-4-18)38(2,33)34)26(32)31-19-7-14-23(25(15-19)27(28,29)30)17-5-10-21(11-6-17)39(35,36)22-12-13-22/h3-11,14-15,22,24H,12-13,16H2,1-2H3,(H,31,32)/t24-/m0/s1. The van der Waals surface area contributed by atoms with Crippen molar-refractivity contribution >= 4 is 31.3 Å². The Balaban J connectivity index is 1.61. The van der Waals surface area contributed by atoms with Gasteiger partial charge in [-0.15, -0.1) is 0 Å². The van der Waals surface area contributed by atoms with Gasteiger partial charge in [0.2, 0.25) is 5.91 Å². The summed E-state index contributed by atoms with van der Waals surface area (Å²) in [7, 11) is -5.57. The number of sulfone groups is 2. The van der Waals surface area contributed by atoms with E-state index in [1.807, 2.05) is 0 Å². The third-order valence-electron chi connectivity index (χ3n) is 6.41. The van der Waals surface area contributed by atoms with E-state index in [9.17, 15) is 34.8 Å². The quantitative estimate of drug-likeness (QED) is 0.378. The molecule has 1 atom stereocenters. The van der Waals surface area contributed by atoms with Crippen LogP contribution in [0.5, 0.6) is 0 Å². The molecular formula is C27H26F3NO6S2. The maximum absolute atomic E-state index is 14.0. The minimum Gasteiger partial charge on any atom is -0.384 e. The van der Waals surface area contributed by atoms with Crippen LogP contribution in [0.2, 0.25) is 0 Å². The highest BCUT2D eigenvalue weighted by Crippen LogP contribution is 2.40. The second-order valence-electron chi connectivity index (χ2n) is 9.37. The maximum Gasteiger partial charge on any atom is 0.417 e. The van der Waals surface area contributed by atoms with Crippen molar-refractivity contribution in [2.24, 2.45) is 0 Å². The van der Waals surface area contributed by atoms with Crippen LogP contribution in [-0.2, 0) is 35.4 Å². The largest absolute Gasteiger partial charge is 0.417 e. The molecule has 1 aliphatic rings. The van der Waals surface area contributed by atoms with Crippen LogP contribution >= 0.6 is 0 Å². The van der Waals surface area contributed by atoms with E-state index in [0.29, 0.717) is 18.4 Å². The van der Waals surface area contributed by atoms with Gasteiger partial charge in [0, 0.05) is 19.1 Å². The molecule has 12 heteroatoms. The second-order valence-corrected chi connectivity index (χ2v) is 13.6. The number of carbonyl (C=O) groups is 1. The topological polar surface area (TPSA) is 107 Å². The van der Waals surface area contributed by atoms with Crippen molar-refractivity contribution in [1.82, 2.24) is 0 Å². The fourth-order valence-corrected chi connectivity index (χ4v) is 6.46. The number of hydrogen-bond acceptors (Lipinski definition) is 6. The monoisotopic (exact) mass is 581 g/mol. The van der Waals surface area contributed by atoms with Crippen molar-refractivity contribution in [2.75, 3.05) is 25.3 Å². The molecule has 0 aliphatic heterocycles. The molecule has 0 bridgehead atoms. The highest BCUT2D eigenvalue weighted by atomic mass is 32.2. The Hall–Kier alpha value is -3.22. The number of ether oxygens (including phenoxy) is 1. The Morgan fingerprint density at radius 3 is 2.05 bits per heavy atom. The van der Waals surface area contributed by atoms with Crippen molar-refractivity contribution in [3.05, 3.63) is 77.9 Å². The Morgan fingerprint density at radius 1 is 0.949 bits per heavy atom. The van der Waals surface area contributed by atoms with E-state index in [1.165, 1.54) is 67.8 Å². The van der Waals surface area contributed by atoms with Crippen LogP contribution in [0.3, 0.4) is 0 Å². The van der Waals surface area contributed by atoms with Crippen LogP contribution in [0.4, 0.5) is 18.9 Å². The molecule has 1 amide bonds. The number of hydrogen-bond donors (Lipinski definition) is 1. The highest BCUT2D eigenvalue weighted by Gasteiger charge is 2.37. The van der Waals surface area contributed by atoms with Gasteiger partial charge in [-0.25, -0.2) is 16.8 Å². The minimum atomic E-state index is -4.76. The summed E-state index contributed by atoms with van der Waals surface area (Å²) >= 11 is 0. The Labute approximate surface area is 224 Å². The summed E-state index contributed by atoms with van der Waals surface area (Å²) in [4.78, 5) is 13.2. The number of nitrogens with one attached hydrogen (secondary N) is 1. The van der Waals surface area contributed by atoms with Crippen molar-refractivity contribution in [3.63, 3.8) is 0 Å². The lowest BCUT2D eigenvalue weighted by Gasteiger charge is -2.19. The van der Waals surface area contributed by atoms with Gasteiger partial charge in [-0.05, 0) is 65.9 Å². The summed E-state index contributed by atoms with van der Waals surface area (Å²) in [6.07, 6.45) is -2.56. The molecule has 208 valence electrons.